The number of aromatic nitrogens is 4. The van der Waals surface area contributed by atoms with Crippen molar-refractivity contribution in [2.45, 2.75) is 19.4 Å². The van der Waals surface area contributed by atoms with Gasteiger partial charge in [-0.15, -0.1) is 0 Å². The summed E-state index contributed by atoms with van der Waals surface area (Å²) >= 11 is 0. The van der Waals surface area contributed by atoms with Gasteiger partial charge in [0.05, 0.1) is 30.3 Å². The second-order valence-corrected chi connectivity index (χ2v) is 7.74. The summed E-state index contributed by atoms with van der Waals surface area (Å²) in [5.41, 5.74) is 1.43. The first-order valence-corrected chi connectivity index (χ1v) is 10.4. The van der Waals surface area contributed by atoms with Gasteiger partial charge in [-0.2, -0.15) is 15.3 Å². The number of nitrogens with one attached hydrogen (secondary N) is 3. The fourth-order valence-electron chi connectivity index (χ4n) is 4.14. The molecular formula is C23H21F2N7O2. The first-order valence-electron chi connectivity index (χ1n) is 10.4. The fraction of sp³-hybridized carbons (Fsp3) is 0.217. The van der Waals surface area contributed by atoms with E-state index in [9.17, 15) is 18.7 Å². The Morgan fingerprint density at radius 1 is 1.26 bits per heavy atom. The quantitative estimate of drug-likeness (QED) is 0.378. The largest absolute Gasteiger partial charge is 0.391 e. The number of amides is 1. The van der Waals surface area contributed by atoms with E-state index in [0.717, 1.165) is 12.4 Å². The van der Waals surface area contributed by atoms with Crippen molar-refractivity contribution in [1.29, 1.82) is 10.8 Å². The molecule has 3 aromatic rings. The molecule has 0 saturated carbocycles. The van der Waals surface area contributed by atoms with Gasteiger partial charge in [0.2, 0.25) is 5.91 Å². The minimum atomic E-state index is -0.748. The molecule has 174 valence electrons. The van der Waals surface area contributed by atoms with Gasteiger partial charge in [0.15, 0.2) is 5.82 Å². The predicted molar refractivity (Wildman–Crippen MR) is 122 cm³/mol. The lowest BCUT2D eigenvalue weighted by Crippen LogP contribution is -2.29. The average molecular weight is 465 g/mol. The van der Waals surface area contributed by atoms with Gasteiger partial charge in [-0.3, -0.25) is 14.8 Å². The molecule has 34 heavy (non-hydrogen) atoms. The number of carbonyl (C=O) groups is 1. The lowest BCUT2D eigenvalue weighted by atomic mass is 9.95. The number of benzene rings is 1. The van der Waals surface area contributed by atoms with E-state index in [1.807, 2.05) is 0 Å². The van der Waals surface area contributed by atoms with E-state index in [0.29, 0.717) is 35.4 Å². The van der Waals surface area contributed by atoms with Crippen LogP contribution < -0.4 is 4.90 Å². The van der Waals surface area contributed by atoms with Crippen LogP contribution in [0.25, 0.3) is 16.7 Å². The van der Waals surface area contributed by atoms with Crippen LogP contribution in [0.3, 0.4) is 0 Å². The van der Waals surface area contributed by atoms with Crippen molar-refractivity contribution in [3.63, 3.8) is 0 Å². The maximum atomic E-state index is 14.7. The van der Waals surface area contributed by atoms with Crippen LogP contribution in [0, 0.1) is 28.4 Å². The summed E-state index contributed by atoms with van der Waals surface area (Å²) in [6.07, 6.45) is 6.60. The number of halogens is 2. The number of hydrogen-bond acceptors (Lipinski definition) is 7. The van der Waals surface area contributed by atoms with E-state index < -0.39 is 24.2 Å². The summed E-state index contributed by atoms with van der Waals surface area (Å²) in [7, 11) is 0. The highest BCUT2D eigenvalue weighted by Gasteiger charge is 2.36. The summed E-state index contributed by atoms with van der Waals surface area (Å²) in [4.78, 5) is 14.5. The van der Waals surface area contributed by atoms with Gasteiger partial charge in [0.1, 0.15) is 11.6 Å². The van der Waals surface area contributed by atoms with E-state index in [2.05, 4.69) is 20.4 Å². The van der Waals surface area contributed by atoms with Crippen molar-refractivity contribution in [3.05, 3.63) is 65.1 Å². The maximum Gasteiger partial charge on any atom is 0.231 e. The minimum Gasteiger partial charge on any atom is -0.391 e. The van der Waals surface area contributed by atoms with Crippen molar-refractivity contribution >= 4 is 29.7 Å². The summed E-state index contributed by atoms with van der Waals surface area (Å²) in [6, 6.07) is 3.91. The molecule has 1 atom stereocenters. The normalized spacial score (nSPS) is 16.2. The molecule has 11 heteroatoms. The molecule has 2 aromatic heterocycles. The number of aliphatic hydroxyl groups is 1. The number of anilines is 1. The predicted octanol–water partition coefficient (Wildman–Crippen LogP) is 2.92. The van der Waals surface area contributed by atoms with E-state index in [4.69, 9.17) is 10.8 Å². The molecule has 0 spiro atoms. The molecule has 0 radical (unpaired) electrons. The SMILES string of the molecule is N=C/C=C(\C=N)c1[nH]nc(N2CCC(Cc3cc(F)c(-c4ccnnc4)c(F)c3)C2=O)c1CO. The van der Waals surface area contributed by atoms with E-state index in [1.165, 1.54) is 41.6 Å². The highest BCUT2D eigenvalue weighted by Crippen LogP contribution is 2.33. The van der Waals surface area contributed by atoms with Crippen LogP contribution in [0.1, 0.15) is 23.2 Å². The Morgan fingerprint density at radius 2 is 2.03 bits per heavy atom. The zero-order valence-electron chi connectivity index (χ0n) is 17.9. The third-order valence-corrected chi connectivity index (χ3v) is 5.74. The Bertz CT molecular complexity index is 1250. The monoisotopic (exact) mass is 465 g/mol. The Balaban J connectivity index is 1.56. The summed E-state index contributed by atoms with van der Waals surface area (Å²) in [5.74, 6) is -2.05. The van der Waals surface area contributed by atoms with Gasteiger partial charge in [-0.25, -0.2) is 8.78 Å². The maximum absolute atomic E-state index is 14.7. The molecule has 3 heterocycles. The number of hydrogen-bond donors (Lipinski definition) is 4. The van der Waals surface area contributed by atoms with Gasteiger partial charge in [-0.1, -0.05) is 0 Å². The molecule has 1 aromatic carbocycles. The molecule has 1 saturated heterocycles. The number of nitrogens with zero attached hydrogens (tertiary/aromatic N) is 4. The van der Waals surface area contributed by atoms with Crippen LogP contribution in [-0.4, -0.2) is 50.4 Å². The van der Waals surface area contributed by atoms with Crippen molar-refractivity contribution in [3.8, 4) is 11.1 Å². The molecule has 0 bridgehead atoms. The molecule has 4 N–H and O–H groups in total. The lowest BCUT2D eigenvalue weighted by molar-refractivity contribution is -0.120. The fourth-order valence-corrected chi connectivity index (χ4v) is 4.14. The number of aromatic amines is 1. The average Bonchev–Trinajstić information content (AvgIpc) is 3.40. The number of H-pyrrole nitrogens is 1. The molecule has 1 aliphatic heterocycles. The van der Waals surface area contributed by atoms with Gasteiger partial charge < -0.3 is 15.9 Å². The molecule has 9 nitrogen and oxygen atoms in total. The molecule has 1 unspecified atom stereocenters. The molecule has 1 aliphatic rings. The van der Waals surface area contributed by atoms with Gasteiger partial charge in [0.25, 0.3) is 0 Å². The molecule has 1 amide bonds. The zero-order valence-corrected chi connectivity index (χ0v) is 17.9. The van der Waals surface area contributed by atoms with Gasteiger partial charge in [-0.05, 0) is 42.7 Å². The third-order valence-electron chi connectivity index (χ3n) is 5.74. The van der Waals surface area contributed by atoms with Crippen molar-refractivity contribution < 1.29 is 18.7 Å². The second kappa shape index (κ2) is 9.79. The number of allylic oxidation sites excluding steroid dienone is 2. The molecule has 4 rings (SSSR count). The standard InChI is InChI=1S/C23H21F2N7O2/c24-18-8-13(9-19(25)20(18)16-2-5-28-29-11-16)7-14-3-6-32(23(14)34)22-17(12-33)21(30-31-22)15(10-27)1-4-26/h1-2,4-5,8-11,14,26-27,33H,3,6-7,12H2,(H,30,31)/b15-1+,26-4?,27-10?. The van der Waals surface area contributed by atoms with Crippen molar-refractivity contribution in [2.75, 3.05) is 11.4 Å². The van der Waals surface area contributed by atoms with Crippen molar-refractivity contribution in [2.24, 2.45) is 5.92 Å². The van der Waals surface area contributed by atoms with Crippen molar-refractivity contribution in [1.82, 2.24) is 20.4 Å². The van der Waals surface area contributed by atoms with Gasteiger partial charge >= 0.3 is 0 Å². The minimum absolute atomic E-state index is 0.142. The van der Waals surface area contributed by atoms with E-state index in [-0.39, 0.29) is 29.3 Å². The second-order valence-electron chi connectivity index (χ2n) is 7.74. The van der Waals surface area contributed by atoms with Crippen LogP contribution in [-0.2, 0) is 17.8 Å². The zero-order chi connectivity index (χ0) is 24.2. The van der Waals surface area contributed by atoms with Crippen LogP contribution in [0.2, 0.25) is 0 Å². The Kier molecular flexibility index (Phi) is 6.64. The van der Waals surface area contributed by atoms with Gasteiger partial charge in [0, 0.05) is 41.6 Å². The molecule has 1 fully saturated rings. The first-order chi connectivity index (χ1) is 16.5. The summed E-state index contributed by atoms with van der Waals surface area (Å²) in [5, 5.41) is 38.8. The number of carbonyl (C=O) groups excluding carboxylic acids is 1. The number of rotatable bonds is 8. The smallest absolute Gasteiger partial charge is 0.231 e. The van der Waals surface area contributed by atoms with E-state index >= 15 is 0 Å². The molecule has 0 aliphatic carbocycles. The molecular weight excluding hydrogens is 444 g/mol. The first kappa shape index (κ1) is 23.1. The summed E-state index contributed by atoms with van der Waals surface area (Å²) < 4.78 is 29.4. The van der Waals surface area contributed by atoms with E-state index in [1.54, 1.807) is 0 Å². The topological polar surface area (TPSA) is 143 Å². The third kappa shape index (κ3) is 4.25. The lowest BCUT2D eigenvalue weighted by Gasteiger charge is -2.16. The Morgan fingerprint density at radius 3 is 2.65 bits per heavy atom. The van der Waals surface area contributed by atoms with Crippen LogP contribution in [0.15, 0.2) is 36.7 Å². The summed E-state index contributed by atoms with van der Waals surface area (Å²) in [6.45, 7) is -0.110. The highest BCUT2D eigenvalue weighted by molar-refractivity contribution is 6.12. The van der Waals surface area contributed by atoms with Crippen LogP contribution in [0.4, 0.5) is 14.6 Å². The number of aliphatic hydroxyl groups excluding tert-OH is 1. The van der Waals surface area contributed by atoms with Crippen LogP contribution >= 0.6 is 0 Å². The highest BCUT2D eigenvalue weighted by atomic mass is 19.1. The Hall–Kier alpha value is -4.12. The van der Waals surface area contributed by atoms with Crippen LogP contribution in [0.5, 0.6) is 0 Å². The Labute approximate surface area is 193 Å².